The number of hydrogen-bond acceptors (Lipinski definition) is 5. The van der Waals surface area contributed by atoms with Crippen LogP contribution < -0.4 is 15.0 Å². The Morgan fingerprint density at radius 2 is 1.97 bits per heavy atom. The second kappa shape index (κ2) is 9.22. The van der Waals surface area contributed by atoms with Gasteiger partial charge in [0.2, 0.25) is 0 Å². The molecular formula is C26H21F3N2O3S. The zero-order chi connectivity index (χ0) is 24.6. The van der Waals surface area contributed by atoms with Gasteiger partial charge < -0.3 is 9.47 Å². The number of thiazole rings is 1. The second-order valence-electron chi connectivity index (χ2n) is 8.28. The van der Waals surface area contributed by atoms with Crippen LogP contribution in [0.3, 0.4) is 0 Å². The molecule has 2 aromatic heterocycles. The Morgan fingerprint density at radius 1 is 1.17 bits per heavy atom. The number of benzene rings is 2. The van der Waals surface area contributed by atoms with Crippen molar-refractivity contribution in [2.45, 2.75) is 19.0 Å². The molecule has 5 rings (SSSR count). The van der Waals surface area contributed by atoms with Crippen LogP contribution in [0.4, 0.5) is 13.2 Å². The predicted molar refractivity (Wildman–Crippen MR) is 130 cm³/mol. The van der Waals surface area contributed by atoms with Gasteiger partial charge in [0.25, 0.3) is 5.56 Å². The summed E-state index contributed by atoms with van der Waals surface area (Å²) < 4.78 is 52.9. The van der Waals surface area contributed by atoms with Gasteiger partial charge >= 0.3 is 6.18 Å². The lowest BCUT2D eigenvalue weighted by atomic mass is 10.0. The topological polar surface area (TPSA) is 52.8 Å². The van der Waals surface area contributed by atoms with E-state index in [1.165, 1.54) is 27.9 Å². The van der Waals surface area contributed by atoms with Crippen molar-refractivity contribution in [1.29, 1.82) is 0 Å². The molecule has 0 N–H and O–H groups in total. The maximum atomic E-state index is 13.4. The molecular weight excluding hydrogens is 477 g/mol. The molecule has 35 heavy (non-hydrogen) atoms. The number of rotatable bonds is 7. The number of nitrogens with zero attached hydrogens (tertiary/aromatic N) is 2. The Bertz CT molecular complexity index is 1470. The summed E-state index contributed by atoms with van der Waals surface area (Å²) in [6, 6.07) is 10.2. The number of ether oxygens (including phenoxy) is 2. The minimum atomic E-state index is -4.53. The zero-order valence-electron chi connectivity index (χ0n) is 18.7. The van der Waals surface area contributed by atoms with E-state index in [-0.39, 0.29) is 16.8 Å². The summed E-state index contributed by atoms with van der Waals surface area (Å²) in [6.07, 6.45) is 2.68. The number of methoxy groups -OCH3 is 1. The molecule has 0 radical (unpaired) electrons. The van der Waals surface area contributed by atoms with Crippen molar-refractivity contribution in [3.05, 3.63) is 81.2 Å². The lowest BCUT2D eigenvalue weighted by Crippen LogP contribution is -2.17. The standard InChI is InChI=1S/C26H21F3N2O3S/c1-33-21-7-3-4-17(23(21)34-15-16-8-9-16)10-11-20-22(24(32)31-12-13-35-25(31)30-20)18-5-2-6-19(14-18)26(27,28)29/h2-7,10-14,16H,8-9,15H2,1H3/b11-10+. The van der Waals surface area contributed by atoms with E-state index < -0.39 is 17.3 Å². The number of aromatic nitrogens is 2. The molecule has 0 unspecified atom stereocenters. The first-order valence-electron chi connectivity index (χ1n) is 11.0. The van der Waals surface area contributed by atoms with Crippen molar-refractivity contribution in [3.8, 4) is 22.6 Å². The molecule has 0 aliphatic heterocycles. The van der Waals surface area contributed by atoms with Crippen molar-refractivity contribution in [2.24, 2.45) is 5.92 Å². The summed E-state index contributed by atoms with van der Waals surface area (Å²) >= 11 is 1.27. The van der Waals surface area contributed by atoms with Crippen molar-refractivity contribution >= 4 is 28.4 Å². The highest BCUT2D eigenvalue weighted by Gasteiger charge is 2.31. The van der Waals surface area contributed by atoms with Gasteiger partial charge in [0, 0.05) is 17.1 Å². The van der Waals surface area contributed by atoms with E-state index in [1.54, 1.807) is 36.9 Å². The van der Waals surface area contributed by atoms with Gasteiger partial charge in [-0.1, -0.05) is 24.3 Å². The monoisotopic (exact) mass is 498 g/mol. The molecule has 180 valence electrons. The summed E-state index contributed by atoms with van der Waals surface area (Å²) in [5.74, 6) is 1.69. The maximum Gasteiger partial charge on any atom is 0.416 e. The SMILES string of the molecule is COc1cccc(/C=C/c2nc3sccn3c(=O)c2-c2cccc(C(F)(F)F)c2)c1OCC1CC1. The molecule has 0 amide bonds. The van der Waals surface area contributed by atoms with Gasteiger partial charge in [-0.3, -0.25) is 9.20 Å². The first-order chi connectivity index (χ1) is 16.8. The van der Waals surface area contributed by atoms with Crippen LogP contribution in [0.15, 0.2) is 58.8 Å². The third-order valence-corrected chi connectivity index (χ3v) is 6.54. The highest BCUT2D eigenvalue weighted by Crippen LogP contribution is 2.37. The van der Waals surface area contributed by atoms with Crippen LogP contribution in [-0.4, -0.2) is 23.1 Å². The Kier molecular flexibility index (Phi) is 6.10. The van der Waals surface area contributed by atoms with E-state index in [0.717, 1.165) is 25.0 Å². The molecule has 4 aromatic rings. The summed E-state index contributed by atoms with van der Waals surface area (Å²) in [7, 11) is 1.56. The first-order valence-corrected chi connectivity index (χ1v) is 11.9. The highest BCUT2D eigenvalue weighted by atomic mass is 32.1. The van der Waals surface area contributed by atoms with E-state index in [4.69, 9.17) is 9.47 Å². The molecule has 1 aliphatic rings. The Balaban J connectivity index is 1.62. The van der Waals surface area contributed by atoms with Gasteiger partial charge in [-0.05, 0) is 54.7 Å². The van der Waals surface area contributed by atoms with Gasteiger partial charge in [-0.2, -0.15) is 13.2 Å². The van der Waals surface area contributed by atoms with E-state index in [2.05, 4.69) is 4.98 Å². The molecule has 0 saturated heterocycles. The van der Waals surface area contributed by atoms with Crippen LogP contribution in [0.2, 0.25) is 0 Å². The van der Waals surface area contributed by atoms with Crippen molar-refractivity contribution in [1.82, 2.24) is 9.38 Å². The molecule has 5 nitrogen and oxygen atoms in total. The molecule has 0 spiro atoms. The molecule has 9 heteroatoms. The Morgan fingerprint density at radius 3 is 2.71 bits per heavy atom. The summed E-state index contributed by atoms with van der Waals surface area (Å²) in [5, 5.41) is 1.71. The van der Waals surface area contributed by atoms with Gasteiger partial charge in [-0.15, -0.1) is 11.3 Å². The van der Waals surface area contributed by atoms with Gasteiger partial charge in [-0.25, -0.2) is 4.98 Å². The van der Waals surface area contributed by atoms with Gasteiger partial charge in [0.15, 0.2) is 16.5 Å². The average molecular weight is 499 g/mol. The van der Waals surface area contributed by atoms with Gasteiger partial charge in [0.1, 0.15) is 0 Å². The van der Waals surface area contributed by atoms with Crippen LogP contribution in [0.25, 0.3) is 28.2 Å². The normalized spacial score (nSPS) is 14.1. The highest BCUT2D eigenvalue weighted by molar-refractivity contribution is 7.15. The van der Waals surface area contributed by atoms with E-state index in [1.807, 2.05) is 12.1 Å². The maximum absolute atomic E-state index is 13.4. The van der Waals surface area contributed by atoms with Crippen LogP contribution in [0.5, 0.6) is 11.5 Å². The quantitative estimate of drug-likeness (QED) is 0.296. The average Bonchev–Trinajstić information content (AvgIpc) is 3.55. The molecule has 1 aliphatic carbocycles. The van der Waals surface area contributed by atoms with Crippen molar-refractivity contribution in [3.63, 3.8) is 0 Å². The fourth-order valence-electron chi connectivity index (χ4n) is 3.77. The van der Waals surface area contributed by atoms with Crippen LogP contribution in [0.1, 0.15) is 29.7 Å². The molecule has 2 aromatic carbocycles. The summed E-state index contributed by atoms with van der Waals surface area (Å²) in [6.45, 7) is 0.581. The van der Waals surface area contributed by atoms with E-state index in [0.29, 0.717) is 34.5 Å². The van der Waals surface area contributed by atoms with Crippen LogP contribution >= 0.6 is 11.3 Å². The predicted octanol–water partition coefficient (Wildman–Crippen LogP) is 6.41. The summed E-state index contributed by atoms with van der Waals surface area (Å²) in [5.41, 5.74) is -0.0460. The number of hydrogen-bond donors (Lipinski definition) is 0. The molecule has 0 atom stereocenters. The first kappa shape index (κ1) is 23.2. The van der Waals surface area contributed by atoms with Crippen LogP contribution in [0, 0.1) is 5.92 Å². The Hall–Kier alpha value is -3.59. The number of alkyl halides is 3. The molecule has 1 fully saturated rings. The van der Waals surface area contributed by atoms with E-state index in [9.17, 15) is 18.0 Å². The zero-order valence-corrected chi connectivity index (χ0v) is 19.5. The minimum absolute atomic E-state index is 0.0894. The fourth-order valence-corrected chi connectivity index (χ4v) is 4.49. The van der Waals surface area contributed by atoms with Crippen molar-refractivity contribution in [2.75, 3.05) is 13.7 Å². The lowest BCUT2D eigenvalue weighted by Gasteiger charge is -2.13. The van der Waals surface area contributed by atoms with Crippen molar-refractivity contribution < 1.29 is 22.6 Å². The van der Waals surface area contributed by atoms with Gasteiger partial charge in [0.05, 0.1) is 30.5 Å². The minimum Gasteiger partial charge on any atom is -0.493 e. The number of para-hydroxylation sites is 1. The third kappa shape index (κ3) is 4.81. The second-order valence-corrected chi connectivity index (χ2v) is 9.15. The smallest absolute Gasteiger partial charge is 0.416 e. The number of halogens is 3. The molecule has 0 bridgehead atoms. The number of fused-ring (bicyclic) bond motifs is 1. The Labute approximate surface area is 203 Å². The largest absolute Gasteiger partial charge is 0.493 e. The van der Waals surface area contributed by atoms with Crippen LogP contribution in [-0.2, 0) is 6.18 Å². The van der Waals surface area contributed by atoms with E-state index >= 15 is 0 Å². The molecule has 1 saturated carbocycles. The molecule has 2 heterocycles. The lowest BCUT2D eigenvalue weighted by molar-refractivity contribution is -0.137. The summed E-state index contributed by atoms with van der Waals surface area (Å²) in [4.78, 5) is 18.3. The fraction of sp³-hybridized carbons (Fsp3) is 0.231. The third-order valence-electron chi connectivity index (χ3n) is 5.78.